The third-order valence-electron chi connectivity index (χ3n) is 3.23. The first-order valence-electron chi connectivity index (χ1n) is 9.36. The average Bonchev–Trinajstić information content (AvgIpc) is 2.41. The van der Waals surface area contributed by atoms with Crippen molar-refractivity contribution in [1.29, 1.82) is 0 Å². The molecule has 0 aromatic rings. The fraction of sp³-hybridized carbons (Fsp3) is 0.842. The van der Waals surface area contributed by atoms with Crippen molar-refractivity contribution in [3.8, 4) is 0 Å². The van der Waals surface area contributed by atoms with Crippen LogP contribution in [0, 0.1) is 0 Å². The first kappa shape index (κ1) is 28.2. The fourth-order valence-corrected chi connectivity index (χ4v) is 2.53. The molecule has 162 valence electrons. The van der Waals surface area contributed by atoms with Gasteiger partial charge in [-0.3, -0.25) is 9.80 Å². The normalized spacial score (nSPS) is 15.6. The van der Waals surface area contributed by atoms with Crippen LogP contribution in [0.2, 0.25) is 0 Å². The molecule has 4 N–H and O–H groups in total. The summed E-state index contributed by atoms with van der Waals surface area (Å²) >= 11 is 0. The quantitative estimate of drug-likeness (QED) is 0.306. The standard InChI is InChI=1S/C14H32N2O4.C5H8O2/c1-11(17)7-15(8-12(2)18)5-6-16(9-13(3)19)10-14(4)20;1-4(2)3-5(6)7/h11-14,17-20H,5-10H2,1-4H3;3H,1-2H3,(H,6,7)/p-1. The molecule has 0 heterocycles. The van der Waals surface area contributed by atoms with Gasteiger partial charge in [0, 0.05) is 39.3 Å². The van der Waals surface area contributed by atoms with Crippen molar-refractivity contribution in [1.82, 2.24) is 9.80 Å². The van der Waals surface area contributed by atoms with Crippen molar-refractivity contribution in [3.63, 3.8) is 0 Å². The molecular weight excluding hydrogens is 352 g/mol. The van der Waals surface area contributed by atoms with E-state index >= 15 is 0 Å². The molecule has 0 aliphatic heterocycles. The number of aliphatic hydroxyl groups is 4. The van der Waals surface area contributed by atoms with Gasteiger partial charge in [0.25, 0.3) is 0 Å². The van der Waals surface area contributed by atoms with Gasteiger partial charge in [-0.15, -0.1) is 0 Å². The molecule has 0 bridgehead atoms. The number of rotatable bonds is 12. The van der Waals surface area contributed by atoms with Crippen molar-refractivity contribution >= 4 is 5.97 Å². The van der Waals surface area contributed by atoms with E-state index in [1.165, 1.54) is 0 Å². The van der Waals surface area contributed by atoms with Crippen LogP contribution in [-0.4, -0.2) is 99.9 Å². The number of carbonyl (C=O) groups is 1. The molecule has 0 spiro atoms. The van der Waals surface area contributed by atoms with Crippen LogP contribution in [0.1, 0.15) is 41.5 Å². The van der Waals surface area contributed by atoms with Crippen LogP contribution in [0.5, 0.6) is 0 Å². The highest BCUT2D eigenvalue weighted by atomic mass is 16.4. The van der Waals surface area contributed by atoms with Gasteiger partial charge in [-0.2, -0.15) is 0 Å². The highest BCUT2D eigenvalue weighted by Crippen LogP contribution is 2.00. The van der Waals surface area contributed by atoms with Gasteiger partial charge in [-0.05, 0) is 47.6 Å². The van der Waals surface area contributed by atoms with E-state index in [4.69, 9.17) is 0 Å². The minimum Gasteiger partial charge on any atom is -0.545 e. The van der Waals surface area contributed by atoms with E-state index in [1.54, 1.807) is 41.5 Å². The number of carboxylic acids is 1. The van der Waals surface area contributed by atoms with Crippen molar-refractivity contribution in [3.05, 3.63) is 11.6 Å². The lowest BCUT2D eigenvalue weighted by molar-refractivity contribution is -0.297. The van der Waals surface area contributed by atoms with Gasteiger partial charge in [0.15, 0.2) is 0 Å². The number of allylic oxidation sites excluding steroid dienone is 1. The molecule has 0 aromatic carbocycles. The summed E-state index contributed by atoms with van der Waals surface area (Å²) in [4.78, 5) is 13.6. The first-order valence-corrected chi connectivity index (χ1v) is 9.36. The lowest BCUT2D eigenvalue weighted by Gasteiger charge is -2.30. The minimum atomic E-state index is -1.12. The van der Waals surface area contributed by atoms with Gasteiger partial charge < -0.3 is 30.3 Å². The molecule has 0 saturated carbocycles. The Bertz CT molecular complexity index is 363. The molecular formula is C19H39N2O6-. The molecule has 0 amide bonds. The van der Waals surface area contributed by atoms with E-state index in [0.717, 1.165) is 11.6 Å². The summed E-state index contributed by atoms with van der Waals surface area (Å²) in [5.74, 6) is -1.12. The van der Waals surface area contributed by atoms with E-state index in [0.29, 0.717) is 39.3 Å². The Kier molecular flexibility index (Phi) is 16.7. The summed E-state index contributed by atoms with van der Waals surface area (Å²) in [7, 11) is 0. The lowest BCUT2D eigenvalue weighted by Crippen LogP contribution is -2.44. The Morgan fingerprint density at radius 2 is 1.04 bits per heavy atom. The van der Waals surface area contributed by atoms with Crippen molar-refractivity contribution in [2.24, 2.45) is 0 Å². The Morgan fingerprint density at radius 3 is 1.15 bits per heavy atom. The monoisotopic (exact) mass is 391 g/mol. The topological polar surface area (TPSA) is 128 Å². The third-order valence-corrected chi connectivity index (χ3v) is 3.23. The molecule has 0 radical (unpaired) electrons. The maximum atomic E-state index is 9.62. The number of hydrogen-bond donors (Lipinski definition) is 4. The average molecular weight is 392 g/mol. The Morgan fingerprint density at radius 1 is 0.778 bits per heavy atom. The van der Waals surface area contributed by atoms with E-state index in [1.807, 2.05) is 9.80 Å². The molecule has 0 saturated heterocycles. The third kappa shape index (κ3) is 22.9. The van der Waals surface area contributed by atoms with Crippen molar-refractivity contribution in [2.45, 2.75) is 66.0 Å². The molecule has 0 aromatic heterocycles. The van der Waals surface area contributed by atoms with Gasteiger partial charge in [-0.1, -0.05) is 5.57 Å². The summed E-state index contributed by atoms with van der Waals surface area (Å²) in [6.07, 6.45) is -0.738. The number of aliphatic hydroxyl groups excluding tert-OH is 4. The second kappa shape index (κ2) is 16.0. The second-order valence-corrected chi connectivity index (χ2v) is 7.46. The number of carbonyl (C=O) groups excluding carboxylic acids is 1. The molecule has 8 nitrogen and oxygen atoms in total. The fourth-order valence-electron chi connectivity index (χ4n) is 2.53. The van der Waals surface area contributed by atoms with Gasteiger partial charge in [0.05, 0.1) is 30.4 Å². The predicted octanol–water partition coefficient (Wildman–Crippen LogP) is -1.18. The SMILES string of the molecule is CC(C)=CC(=O)[O-].CC(O)CN(CCN(CC(C)O)CC(C)O)CC(C)O. The zero-order valence-electron chi connectivity index (χ0n) is 17.6. The zero-order valence-corrected chi connectivity index (χ0v) is 17.6. The summed E-state index contributed by atoms with van der Waals surface area (Å²) in [5.41, 5.74) is 0.750. The zero-order chi connectivity index (χ0) is 21.6. The molecule has 0 aliphatic carbocycles. The van der Waals surface area contributed by atoms with Crippen LogP contribution in [-0.2, 0) is 4.79 Å². The maximum absolute atomic E-state index is 9.62. The molecule has 4 atom stereocenters. The molecule has 8 heteroatoms. The Hall–Kier alpha value is -1.03. The second-order valence-electron chi connectivity index (χ2n) is 7.46. The van der Waals surface area contributed by atoms with Crippen LogP contribution in [0.15, 0.2) is 11.6 Å². The van der Waals surface area contributed by atoms with E-state index in [2.05, 4.69) is 0 Å². The minimum absolute atomic E-state index is 0.448. The Balaban J connectivity index is 0. The highest BCUT2D eigenvalue weighted by molar-refractivity contribution is 5.78. The van der Waals surface area contributed by atoms with Crippen LogP contribution < -0.4 is 5.11 Å². The van der Waals surface area contributed by atoms with Crippen LogP contribution >= 0.6 is 0 Å². The van der Waals surface area contributed by atoms with Crippen LogP contribution in [0.4, 0.5) is 0 Å². The van der Waals surface area contributed by atoms with E-state index in [-0.39, 0.29) is 0 Å². The highest BCUT2D eigenvalue weighted by Gasteiger charge is 2.15. The first-order chi connectivity index (χ1) is 12.3. The van der Waals surface area contributed by atoms with Gasteiger partial charge in [0.2, 0.25) is 0 Å². The largest absolute Gasteiger partial charge is 0.545 e. The van der Waals surface area contributed by atoms with Crippen LogP contribution in [0.3, 0.4) is 0 Å². The van der Waals surface area contributed by atoms with E-state index < -0.39 is 30.4 Å². The number of hydrogen-bond acceptors (Lipinski definition) is 8. The molecule has 0 fully saturated rings. The summed E-state index contributed by atoms with van der Waals surface area (Å²) < 4.78 is 0. The number of aliphatic carboxylic acids is 1. The summed E-state index contributed by atoms with van der Waals surface area (Å²) in [5, 5.41) is 47.5. The smallest absolute Gasteiger partial charge is 0.0642 e. The van der Waals surface area contributed by atoms with Gasteiger partial charge >= 0.3 is 0 Å². The number of nitrogens with zero attached hydrogens (tertiary/aromatic N) is 2. The maximum Gasteiger partial charge on any atom is 0.0642 e. The molecule has 27 heavy (non-hydrogen) atoms. The molecule has 0 rings (SSSR count). The Labute approximate surface area is 163 Å². The number of carboxylic acid groups (broad SMARTS) is 1. The molecule has 4 unspecified atom stereocenters. The van der Waals surface area contributed by atoms with Crippen LogP contribution in [0.25, 0.3) is 0 Å². The summed E-state index contributed by atoms with van der Waals surface area (Å²) in [6.45, 7) is 13.7. The van der Waals surface area contributed by atoms with E-state index in [9.17, 15) is 30.3 Å². The van der Waals surface area contributed by atoms with Gasteiger partial charge in [0.1, 0.15) is 0 Å². The van der Waals surface area contributed by atoms with Crippen molar-refractivity contribution < 1.29 is 30.3 Å². The summed E-state index contributed by atoms with van der Waals surface area (Å²) in [6, 6.07) is 0. The van der Waals surface area contributed by atoms with Crippen molar-refractivity contribution in [2.75, 3.05) is 39.3 Å². The lowest BCUT2D eigenvalue weighted by atomic mass is 10.2. The molecule has 0 aliphatic rings. The van der Waals surface area contributed by atoms with Gasteiger partial charge in [-0.25, -0.2) is 0 Å². The predicted molar refractivity (Wildman–Crippen MR) is 104 cm³/mol.